The van der Waals surface area contributed by atoms with Gasteiger partial charge in [-0.3, -0.25) is 0 Å². The third-order valence-corrected chi connectivity index (χ3v) is 3.88. The Balaban J connectivity index is 2.05. The maximum atomic E-state index is 14.3. The van der Waals surface area contributed by atoms with Crippen LogP contribution in [0, 0.1) is 5.82 Å². The van der Waals surface area contributed by atoms with Gasteiger partial charge < -0.3 is 20.2 Å². The van der Waals surface area contributed by atoms with Gasteiger partial charge in [-0.25, -0.2) is 4.39 Å². The van der Waals surface area contributed by atoms with E-state index in [9.17, 15) is 4.39 Å². The monoisotopic (exact) mass is 281 g/mol. The Labute approximate surface area is 120 Å². The van der Waals surface area contributed by atoms with E-state index >= 15 is 0 Å². The number of benzene rings is 1. The van der Waals surface area contributed by atoms with E-state index in [0.29, 0.717) is 12.2 Å². The Morgan fingerprint density at radius 1 is 1.30 bits per heavy atom. The van der Waals surface area contributed by atoms with Crippen LogP contribution in [0.15, 0.2) is 18.2 Å². The van der Waals surface area contributed by atoms with Crippen LogP contribution >= 0.6 is 0 Å². The third-order valence-electron chi connectivity index (χ3n) is 3.88. The second kappa shape index (κ2) is 7.02. The number of nitrogens with one attached hydrogen (secondary N) is 1. The van der Waals surface area contributed by atoms with Crippen LogP contribution in [0.2, 0.25) is 0 Å². The molecule has 0 unspecified atom stereocenters. The van der Waals surface area contributed by atoms with Crippen LogP contribution < -0.4 is 10.2 Å². The number of hydrogen-bond donors (Lipinski definition) is 2. The van der Waals surface area contributed by atoms with Gasteiger partial charge in [0.1, 0.15) is 5.82 Å². The van der Waals surface area contributed by atoms with E-state index in [2.05, 4.69) is 22.2 Å². The van der Waals surface area contributed by atoms with Crippen molar-refractivity contribution in [2.75, 3.05) is 51.3 Å². The molecule has 1 heterocycles. The van der Waals surface area contributed by atoms with Crippen molar-refractivity contribution < 1.29 is 9.50 Å². The Hall–Kier alpha value is -1.17. The van der Waals surface area contributed by atoms with Gasteiger partial charge in [0.15, 0.2) is 0 Å². The van der Waals surface area contributed by atoms with Crippen LogP contribution in [0.1, 0.15) is 18.5 Å². The SMILES string of the molecule is C[C@H](NCCO)c1ccc(N2CCN(C)CC2)c(F)c1. The molecule has 1 aromatic rings. The summed E-state index contributed by atoms with van der Waals surface area (Å²) in [5.41, 5.74) is 1.60. The molecule has 0 aromatic heterocycles. The summed E-state index contributed by atoms with van der Waals surface area (Å²) in [6.45, 7) is 6.25. The van der Waals surface area contributed by atoms with E-state index in [4.69, 9.17) is 5.11 Å². The summed E-state index contributed by atoms with van der Waals surface area (Å²) >= 11 is 0. The van der Waals surface area contributed by atoms with Gasteiger partial charge in [-0.1, -0.05) is 6.07 Å². The minimum atomic E-state index is -0.162. The summed E-state index contributed by atoms with van der Waals surface area (Å²) < 4.78 is 14.3. The Bertz CT molecular complexity index is 433. The summed E-state index contributed by atoms with van der Waals surface area (Å²) in [6, 6.07) is 5.47. The molecule has 5 heteroatoms. The zero-order valence-corrected chi connectivity index (χ0v) is 12.3. The predicted octanol–water partition coefficient (Wildman–Crippen LogP) is 1.22. The quantitative estimate of drug-likeness (QED) is 0.851. The highest BCUT2D eigenvalue weighted by atomic mass is 19.1. The Morgan fingerprint density at radius 3 is 2.60 bits per heavy atom. The number of piperazine rings is 1. The number of anilines is 1. The van der Waals surface area contributed by atoms with Gasteiger partial charge in [0, 0.05) is 38.8 Å². The van der Waals surface area contributed by atoms with Crippen molar-refractivity contribution in [1.29, 1.82) is 0 Å². The molecule has 4 nitrogen and oxygen atoms in total. The minimum absolute atomic E-state index is 0.0400. The highest BCUT2D eigenvalue weighted by Crippen LogP contribution is 2.24. The minimum Gasteiger partial charge on any atom is -0.395 e. The number of nitrogens with zero attached hydrogens (tertiary/aromatic N) is 2. The number of aliphatic hydroxyl groups is 1. The number of aliphatic hydroxyl groups excluding tert-OH is 1. The maximum absolute atomic E-state index is 14.3. The molecule has 0 radical (unpaired) electrons. The van der Waals surface area contributed by atoms with Crippen LogP contribution in [0.5, 0.6) is 0 Å². The Morgan fingerprint density at radius 2 is 2.00 bits per heavy atom. The molecule has 0 amide bonds. The molecule has 1 fully saturated rings. The van der Waals surface area contributed by atoms with Gasteiger partial charge in [0.25, 0.3) is 0 Å². The average molecular weight is 281 g/mol. The van der Waals surface area contributed by atoms with Gasteiger partial charge in [-0.2, -0.15) is 0 Å². The van der Waals surface area contributed by atoms with Crippen LogP contribution in [-0.4, -0.2) is 56.4 Å². The topological polar surface area (TPSA) is 38.7 Å². The van der Waals surface area contributed by atoms with Crippen molar-refractivity contribution in [2.24, 2.45) is 0 Å². The fourth-order valence-electron chi connectivity index (χ4n) is 2.50. The number of likely N-dealkylation sites (N-methyl/N-ethyl adjacent to an activating group) is 1. The lowest BCUT2D eigenvalue weighted by Gasteiger charge is -2.34. The molecular weight excluding hydrogens is 257 g/mol. The average Bonchev–Trinajstić information content (AvgIpc) is 2.46. The zero-order valence-electron chi connectivity index (χ0n) is 12.3. The highest BCUT2D eigenvalue weighted by molar-refractivity contribution is 5.50. The van der Waals surface area contributed by atoms with Gasteiger partial charge in [0.05, 0.1) is 12.3 Å². The molecule has 1 aliphatic rings. The molecule has 1 aromatic carbocycles. The molecule has 1 atom stereocenters. The largest absolute Gasteiger partial charge is 0.395 e. The van der Waals surface area contributed by atoms with E-state index in [1.807, 2.05) is 19.1 Å². The molecule has 1 aliphatic heterocycles. The van der Waals surface area contributed by atoms with Crippen molar-refractivity contribution >= 4 is 5.69 Å². The number of hydrogen-bond acceptors (Lipinski definition) is 4. The molecule has 0 saturated carbocycles. The molecule has 1 saturated heterocycles. The van der Waals surface area contributed by atoms with Gasteiger partial charge >= 0.3 is 0 Å². The molecule has 0 aliphatic carbocycles. The van der Waals surface area contributed by atoms with E-state index in [1.54, 1.807) is 6.07 Å². The molecule has 0 bridgehead atoms. The summed E-state index contributed by atoms with van der Waals surface area (Å²) in [5.74, 6) is -0.162. The van der Waals surface area contributed by atoms with Crippen LogP contribution in [0.25, 0.3) is 0 Å². The standard InChI is InChI=1S/C15H24FN3O/c1-12(17-5-10-20)13-3-4-15(14(16)11-13)19-8-6-18(2)7-9-19/h3-4,11-12,17,20H,5-10H2,1-2H3/t12-/m0/s1. The first-order valence-corrected chi connectivity index (χ1v) is 7.19. The first-order valence-electron chi connectivity index (χ1n) is 7.19. The molecule has 112 valence electrons. The van der Waals surface area contributed by atoms with E-state index in [1.165, 1.54) is 0 Å². The van der Waals surface area contributed by atoms with Crippen molar-refractivity contribution in [3.05, 3.63) is 29.6 Å². The van der Waals surface area contributed by atoms with Gasteiger partial charge in [0.2, 0.25) is 0 Å². The fraction of sp³-hybridized carbons (Fsp3) is 0.600. The van der Waals surface area contributed by atoms with E-state index in [-0.39, 0.29) is 18.5 Å². The lowest BCUT2D eigenvalue weighted by Crippen LogP contribution is -2.44. The van der Waals surface area contributed by atoms with E-state index < -0.39 is 0 Å². The first kappa shape index (κ1) is 15.2. The second-order valence-electron chi connectivity index (χ2n) is 5.40. The summed E-state index contributed by atoms with van der Waals surface area (Å²) in [5, 5.41) is 11.9. The fourth-order valence-corrected chi connectivity index (χ4v) is 2.50. The summed E-state index contributed by atoms with van der Waals surface area (Å²) in [4.78, 5) is 4.36. The molecular formula is C15H24FN3O. The highest BCUT2D eigenvalue weighted by Gasteiger charge is 2.18. The van der Waals surface area contributed by atoms with Crippen molar-refractivity contribution in [2.45, 2.75) is 13.0 Å². The smallest absolute Gasteiger partial charge is 0.146 e. The van der Waals surface area contributed by atoms with Crippen molar-refractivity contribution in [1.82, 2.24) is 10.2 Å². The molecule has 2 N–H and O–H groups in total. The van der Waals surface area contributed by atoms with Crippen molar-refractivity contribution in [3.8, 4) is 0 Å². The molecule has 2 rings (SSSR count). The lowest BCUT2D eigenvalue weighted by molar-refractivity contribution is 0.286. The molecule has 0 spiro atoms. The maximum Gasteiger partial charge on any atom is 0.146 e. The normalized spacial score (nSPS) is 18.3. The van der Waals surface area contributed by atoms with Crippen LogP contribution in [-0.2, 0) is 0 Å². The van der Waals surface area contributed by atoms with Crippen molar-refractivity contribution in [3.63, 3.8) is 0 Å². The van der Waals surface area contributed by atoms with Crippen LogP contribution in [0.3, 0.4) is 0 Å². The van der Waals surface area contributed by atoms with Crippen LogP contribution in [0.4, 0.5) is 10.1 Å². The second-order valence-corrected chi connectivity index (χ2v) is 5.40. The summed E-state index contributed by atoms with van der Waals surface area (Å²) in [7, 11) is 2.09. The lowest BCUT2D eigenvalue weighted by atomic mass is 10.1. The van der Waals surface area contributed by atoms with E-state index in [0.717, 1.165) is 31.7 Å². The zero-order chi connectivity index (χ0) is 14.5. The Kier molecular flexibility index (Phi) is 5.34. The van der Waals surface area contributed by atoms with Gasteiger partial charge in [-0.15, -0.1) is 0 Å². The number of halogens is 1. The predicted molar refractivity (Wildman–Crippen MR) is 79.6 cm³/mol. The van der Waals surface area contributed by atoms with Gasteiger partial charge in [-0.05, 0) is 31.7 Å². The molecule has 20 heavy (non-hydrogen) atoms. The number of rotatable bonds is 5. The summed E-state index contributed by atoms with van der Waals surface area (Å²) in [6.07, 6.45) is 0. The first-order chi connectivity index (χ1) is 9.61. The third kappa shape index (κ3) is 3.69.